The Balaban J connectivity index is 2.05. The average molecular weight is 631 g/mol. The molecule has 2 amide bonds. The number of ether oxygens (including phenoxy) is 1. The highest BCUT2D eigenvalue weighted by atomic mass is 79.9. The highest BCUT2D eigenvalue weighted by Gasteiger charge is 2.33. The van der Waals surface area contributed by atoms with Crippen LogP contribution < -0.4 is 14.4 Å². The molecule has 0 aromatic heterocycles. The van der Waals surface area contributed by atoms with Crippen molar-refractivity contribution in [2.45, 2.75) is 38.8 Å². The second-order valence-corrected chi connectivity index (χ2v) is 12.3. The molecule has 0 fully saturated rings. The predicted octanol–water partition coefficient (Wildman–Crippen LogP) is 4.78. The first kappa shape index (κ1) is 31.2. The SMILES string of the molecule is CCCCNC(=O)[C@@H](Cc1ccccc1)N(Cc1cccc(Br)c1)C(=O)CN(c1ccccc1OC)S(C)(=O)=O. The summed E-state index contributed by atoms with van der Waals surface area (Å²) in [5.41, 5.74) is 1.93. The van der Waals surface area contributed by atoms with Gasteiger partial charge in [-0.25, -0.2) is 8.42 Å². The van der Waals surface area contributed by atoms with Crippen LogP contribution in [0.3, 0.4) is 0 Å². The number of para-hydroxylation sites is 2. The minimum absolute atomic E-state index is 0.112. The summed E-state index contributed by atoms with van der Waals surface area (Å²) < 4.78 is 33.1. The Bertz CT molecular complexity index is 1380. The molecular formula is C30H36BrN3O5S. The van der Waals surface area contributed by atoms with Crippen LogP contribution in [0.1, 0.15) is 30.9 Å². The predicted molar refractivity (Wildman–Crippen MR) is 162 cm³/mol. The van der Waals surface area contributed by atoms with E-state index in [0.717, 1.165) is 39.0 Å². The third-order valence-corrected chi connectivity index (χ3v) is 8.00. The van der Waals surface area contributed by atoms with Gasteiger partial charge in [0.25, 0.3) is 0 Å². The zero-order valence-electron chi connectivity index (χ0n) is 23.0. The summed E-state index contributed by atoms with van der Waals surface area (Å²) in [6.45, 7) is 2.13. The van der Waals surface area contributed by atoms with Crippen LogP contribution >= 0.6 is 15.9 Å². The zero-order valence-corrected chi connectivity index (χ0v) is 25.4. The van der Waals surface area contributed by atoms with Crippen LogP contribution in [0.2, 0.25) is 0 Å². The van der Waals surface area contributed by atoms with Gasteiger partial charge in [0.2, 0.25) is 21.8 Å². The van der Waals surface area contributed by atoms with Crippen molar-refractivity contribution in [1.29, 1.82) is 0 Å². The van der Waals surface area contributed by atoms with E-state index in [-0.39, 0.29) is 24.6 Å². The van der Waals surface area contributed by atoms with Gasteiger partial charge in [-0.3, -0.25) is 13.9 Å². The van der Waals surface area contributed by atoms with Crippen LogP contribution in [0, 0.1) is 0 Å². The molecular weight excluding hydrogens is 594 g/mol. The molecule has 10 heteroatoms. The van der Waals surface area contributed by atoms with Crippen molar-refractivity contribution < 1.29 is 22.7 Å². The lowest BCUT2D eigenvalue weighted by Crippen LogP contribution is -2.53. The number of hydrogen-bond acceptors (Lipinski definition) is 5. The van der Waals surface area contributed by atoms with Gasteiger partial charge in [-0.2, -0.15) is 0 Å². The summed E-state index contributed by atoms with van der Waals surface area (Å²) in [6.07, 6.45) is 3.03. The Morgan fingerprint density at radius 2 is 1.65 bits per heavy atom. The molecule has 3 aromatic carbocycles. The fourth-order valence-corrected chi connectivity index (χ4v) is 5.62. The van der Waals surface area contributed by atoms with Crippen molar-refractivity contribution in [3.8, 4) is 5.75 Å². The summed E-state index contributed by atoms with van der Waals surface area (Å²) in [5.74, 6) is -0.482. The lowest BCUT2D eigenvalue weighted by atomic mass is 10.0. The first-order valence-electron chi connectivity index (χ1n) is 13.1. The molecule has 8 nitrogen and oxygen atoms in total. The standard InChI is InChI=1S/C30H36BrN3O5S/c1-4-5-18-32-30(36)27(20-23-12-7-6-8-13-23)33(21-24-14-11-15-25(31)19-24)29(35)22-34(40(3,37)38)26-16-9-10-17-28(26)39-2/h6-17,19,27H,4-5,18,20-22H2,1-3H3,(H,32,36)/t27-/m1/s1. The minimum Gasteiger partial charge on any atom is -0.495 e. The number of carbonyl (C=O) groups is 2. The van der Waals surface area contributed by atoms with Crippen molar-refractivity contribution >= 4 is 43.5 Å². The average Bonchev–Trinajstić information content (AvgIpc) is 2.93. The van der Waals surface area contributed by atoms with Crippen LogP contribution in [0.15, 0.2) is 83.3 Å². The van der Waals surface area contributed by atoms with E-state index in [9.17, 15) is 18.0 Å². The maximum atomic E-state index is 14.1. The lowest BCUT2D eigenvalue weighted by molar-refractivity contribution is -0.140. The van der Waals surface area contributed by atoms with Gasteiger partial charge in [-0.15, -0.1) is 0 Å². The van der Waals surface area contributed by atoms with Gasteiger partial charge in [0, 0.05) is 24.0 Å². The number of benzene rings is 3. The maximum absolute atomic E-state index is 14.1. The van der Waals surface area contributed by atoms with Crippen LogP contribution in [0.5, 0.6) is 5.75 Å². The Morgan fingerprint density at radius 3 is 2.30 bits per heavy atom. The minimum atomic E-state index is -3.88. The molecule has 0 aliphatic carbocycles. The summed E-state index contributed by atoms with van der Waals surface area (Å²) >= 11 is 3.48. The van der Waals surface area contributed by atoms with E-state index in [2.05, 4.69) is 21.2 Å². The molecule has 1 atom stereocenters. The Kier molecular flexibility index (Phi) is 11.6. The van der Waals surface area contributed by atoms with Crippen LogP contribution in [0.4, 0.5) is 5.69 Å². The Hall–Kier alpha value is -3.37. The number of rotatable bonds is 14. The van der Waals surface area contributed by atoms with Crippen molar-refractivity contribution in [3.63, 3.8) is 0 Å². The van der Waals surface area contributed by atoms with Crippen molar-refractivity contribution in [2.75, 3.05) is 30.8 Å². The van der Waals surface area contributed by atoms with E-state index in [1.165, 1.54) is 12.0 Å². The van der Waals surface area contributed by atoms with Gasteiger partial charge in [-0.1, -0.05) is 83.9 Å². The molecule has 0 aliphatic rings. The summed E-state index contributed by atoms with van der Waals surface area (Å²) in [4.78, 5) is 29.2. The number of sulfonamides is 1. The van der Waals surface area contributed by atoms with E-state index in [1.54, 1.807) is 24.3 Å². The van der Waals surface area contributed by atoms with Crippen LogP contribution in [0.25, 0.3) is 0 Å². The molecule has 1 N–H and O–H groups in total. The van der Waals surface area contributed by atoms with E-state index < -0.39 is 28.5 Å². The van der Waals surface area contributed by atoms with Gasteiger partial charge in [0.15, 0.2) is 0 Å². The number of nitrogens with one attached hydrogen (secondary N) is 1. The molecule has 0 radical (unpaired) electrons. The molecule has 0 unspecified atom stereocenters. The number of anilines is 1. The Labute approximate surface area is 245 Å². The van der Waals surface area contributed by atoms with Gasteiger partial charge < -0.3 is 15.0 Å². The Morgan fingerprint density at radius 1 is 0.975 bits per heavy atom. The molecule has 0 bridgehead atoms. The number of carbonyl (C=O) groups excluding carboxylic acids is 2. The summed E-state index contributed by atoms with van der Waals surface area (Å²) in [6, 6.07) is 22.7. The molecule has 214 valence electrons. The number of halogens is 1. The first-order valence-corrected chi connectivity index (χ1v) is 15.7. The molecule has 0 saturated heterocycles. The van der Waals surface area contributed by atoms with E-state index in [1.807, 2.05) is 61.5 Å². The number of unbranched alkanes of at least 4 members (excludes halogenated alkanes) is 1. The maximum Gasteiger partial charge on any atom is 0.244 e. The monoisotopic (exact) mass is 629 g/mol. The number of hydrogen-bond donors (Lipinski definition) is 1. The van der Waals surface area contributed by atoms with Gasteiger partial charge >= 0.3 is 0 Å². The highest BCUT2D eigenvalue weighted by Crippen LogP contribution is 2.30. The van der Waals surface area contributed by atoms with E-state index >= 15 is 0 Å². The van der Waals surface area contributed by atoms with Crippen LogP contribution in [-0.2, 0) is 32.6 Å². The molecule has 0 spiro atoms. The molecule has 0 saturated carbocycles. The van der Waals surface area contributed by atoms with Gasteiger partial charge in [0.1, 0.15) is 18.3 Å². The number of amides is 2. The van der Waals surface area contributed by atoms with E-state index in [0.29, 0.717) is 12.3 Å². The van der Waals surface area contributed by atoms with Gasteiger partial charge in [0.05, 0.1) is 19.1 Å². The second kappa shape index (κ2) is 14.9. The van der Waals surface area contributed by atoms with Crippen molar-refractivity contribution in [1.82, 2.24) is 10.2 Å². The smallest absolute Gasteiger partial charge is 0.244 e. The van der Waals surface area contributed by atoms with Gasteiger partial charge in [-0.05, 0) is 41.8 Å². The highest BCUT2D eigenvalue weighted by molar-refractivity contribution is 9.10. The molecule has 3 aromatic rings. The lowest BCUT2D eigenvalue weighted by Gasteiger charge is -2.33. The fraction of sp³-hybridized carbons (Fsp3) is 0.333. The first-order chi connectivity index (χ1) is 19.1. The van der Waals surface area contributed by atoms with Crippen molar-refractivity contribution in [3.05, 3.63) is 94.5 Å². The molecule has 40 heavy (non-hydrogen) atoms. The number of nitrogens with zero attached hydrogens (tertiary/aromatic N) is 2. The third-order valence-electron chi connectivity index (χ3n) is 6.38. The normalized spacial score (nSPS) is 11.9. The van der Waals surface area contributed by atoms with Crippen molar-refractivity contribution in [2.24, 2.45) is 0 Å². The summed E-state index contributed by atoms with van der Waals surface area (Å²) in [7, 11) is -2.44. The van der Waals surface area contributed by atoms with Crippen LogP contribution in [-0.4, -0.2) is 57.6 Å². The largest absolute Gasteiger partial charge is 0.495 e. The zero-order chi connectivity index (χ0) is 29.1. The second-order valence-electron chi connectivity index (χ2n) is 9.44. The molecule has 3 rings (SSSR count). The molecule has 0 aliphatic heterocycles. The topological polar surface area (TPSA) is 96.0 Å². The molecule has 0 heterocycles. The summed E-state index contributed by atoms with van der Waals surface area (Å²) in [5, 5.41) is 2.98. The number of methoxy groups -OCH3 is 1. The third kappa shape index (κ3) is 8.82. The quantitative estimate of drug-likeness (QED) is 0.259. The van der Waals surface area contributed by atoms with E-state index in [4.69, 9.17) is 4.74 Å². The fourth-order valence-electron chi connectivity index (χ4n) is 4.32.